The summed E-state index contributed by atoms with van der Waals surface area (Å²) < 4.78 is 20.0. The Bertz CT molecular complexity index is 1380. The Balaban J connectivity index is 1.58. The van der Waals surface area contributed by atoms with E-state index in [2.05, 4.69) is 25.7 Å². The SMILES string of the molecule is Cn1nc(Nc2ncc(Cl)c(Nc3ccc(O)cc3P(C)(C)=O)n2)c2c1CN(C(=O)OC(C)(C)C)C2. The maximum Gasteiger partial charge on any atom is 0.410 e. The molecule has 1 aliphatic rings. The van der Waals surface area contributed by atoms with Crippen LogP contribution in [0.5, 0.6) is 5.75 Å². The number of aromatic hydroxyl groups is 1. The van der Waals surface area contributed by atoms with Crippen molar-refractivity contribution in [1.29, 1.82) is 0 Å². The van der Waals surface area contributed by atoms with Crippen LogP contribution in [0.4, 0.5) is 28.1 Å². The van der Waals surface area contributed by atoms with Crippen molar-refractivity contribution in [3.05, 3.63) is 40.7 Å². The zero-order valence-electron chi connectivity index (χ0n) is 21.0. The van der Waals surface area contributed by atoms with Gasteiger partial charge >= 0.3 is 6.09 Å². The third-order valence-corrected chi connectivity index (χ3v) is 7.21. The van der Waals surface area contributed by atoms with E-state index >= 15 is 0 Å². The topological polar surface area (TPSA) is 134 Å². The zero-order valence-corrected chi connectivity index (χ0v) is 22.6. The van der Waals surface area contributed by atoms with Crippen molar-refractivity contribution in [1.82, 2.24) is 24.6 Å². The first-order valence-corrected chi connectivity index (χ1v) is 14.2. The Morgan fingerprint density at radius 1 is 1.19 bits per heavy atom. The van der Waals surface area contributed by atoms with Crippen LogP contribution in [0, 0.1) is 0 Å². The van der Waals surface area contributed by atoms with Crippen molar-refractivity contribution in [2.24, 2.45) is 7.05 Å². The molecule has 4 rings (SSSR count). The highest BCUT2D eigenvalue weighted by Gasteiger charge is 2.33. The summed E-state index contributed by atoms with van der Waals surface area (Å²) in [6, 6.07) is 4.57. The van der Waals surface area contributed by atoms with Gasteiger partial charge in [-0.25, -0.2) is 9.78 Å². The number of hydrogen-bond acceptors (Lipinski definition) is 9. The Morgan fingerprint density at radius 2 is 1.92 bits per heavy atom. The predicted molar refractivity (Wildman–Crippen MR) is 139 cm³/mol. The number of benzene rings is 1. The third kappa shape index (κ3) is 5.57. The van der Waals surface area contributed by atoms with Crippen LogP contribution >= 0.6 is 18.7 Å². The lowest BCUT2D eigenvalue weighted by Gasteiger charge is -2.24. The quantitative estimate of drug-likeness (QED) is 0.319. The smallest absolute Gasteiger partial charge is 0.410 e. The molecule has 0 fully saturated rings. The fourth-order valence-electron chi connectivity index (χ4n) is 3.77. The summed E-state index contributed by atoms with van der Waals surface area (Å²) in [5, 5.41) is 21.3. The van der Waals surface area contributed by atoms with Crippen molar-refractivity contribution in [3.63, 3.8) is 0 Å². The van der Waals surface area contributed by atoms with Gasteiger partial charge in [0.05, 0.1) is 30.7 Å². The van der Waals surface area contributed by atoms with Gasteiger partial charge in [-0.3, -0.25) is 9.58 Å². The summed E-state index contributed by atoms with van der Waals surface area (Å²) in [5.41, 5.74) is 1.65. The number of rotatable bonds is 5. The molecular formula is C23H29ClN7O4P. The van der Waals surface area contributed by atoms with E-state index in [0.29, 0.717) is 29.9 Å². The highest BCUT2D eigenvalue weighted by atomic mass is 35.5. The van der Waals surface area contributed by atoms with E-state index in [0.717, 1.165) is 11.3 Å². The van der Waals surface area contributed by atoms with Gasteiger partial charge in [-0.15, -0.1) is 0 Å². The number of phenols is 1. The van der Waals surface area contributed by atoms with Crippen LogP contribution in [0.25, 0.3) is 0 Å². The molecule has 0 atom stereocenters. The molecule has 1 aliphatic heterocycles. The summed E-state index contributed by atoms with van der Waals surface area (Å²) in [4.78, 5) is 22.9. The number of halogens is 1. The monoisotopic (exact) mass is 533 g/mol. The number of fused-ring (bicyclic) bond motifs is 1. The van der Waals surface area contributed by atoms with Crippen LogP contribution in [0.3, 0.4) is 0 Å². The number of carbonyl (C=O) groups excluding carboxylic acids is 1. The van der Waals surface area contributed by atoms with E-state index in [1.54, 1.807) is 36.0 Å². The number of nitrogens with one attached hydrogen (secondary N) is 2. The summed E-state index contributed by atoms with van der Waals surface area (Å²) >= 11 is 6.34. The first-order valence-electron chi connectivity index (χ1n) is 11.2. The van der Waals surface area contributed by atoms with Crippen LogP contribution < -0.4 is 15.9 Å². The molecule has 0 radical (unpaired) electrons. The fourth-order valence-corrected chi connectivity index (χ4v) is 5.06. The van der Waals surface area contributed by atoms with Gasteiger partial charge < -0.3 is 25.0 Å². The minimum atomic E-state index is -2.72. The summed E-state index contributed by atoms with van der Waals surface area (Å²) in [6.45, 7) is 9.42. The van der Waals surface area contributed by atoms with Gasteiger partial charge in [-0.05, 0) is 52.3 Å². The molecule has 0 saturated heterocycles. The first-order chi connectivity index (χ1) is 16.7. The minimum Gasteiger partial charge on any atom is -0.508 e. The van der Waals surface area contributed by atoms with Crippen LogP contribution in [-0.2, 0) is 29.4 Å². The lowest BCUT2D eigenvalue weighted by Crippen LogP contribution is -2.33. The number of hydrogen-bond donors (Lipinski definition) is 3. The van der Waals surface area contributed by atoms with Crippen LogP contribution in [0.2, 0.25) is 5.02 Å². The molecule has 3 aromatic rings. The summed E-state index contributed by atoms with van der Waals surface area (Å²) in [6.07, 6.45) is 1.04. The van der Waals surface area contributed by atoms with Crippen molar-refractivity contribution in [3.8, 4) is 5.75 Å². The average Bonchev–Trinajstić information content (AvgIpc) is 3.31. The van der Waals surface area contributed by atoms with E-state index in [4.69, 9.17) is 16.3 Å². The highest BCUT2D eigenvalue weighted by Crippen LogP contribution is 2.40. The molecule has 192 valence electrons. The van der Waals surface area contributed by atoms with E-state index < -0.39 is 18.8 Å². The summed E-state index contributed by atoms with van der Waals surface area (Å²) in [7, 11) is -0.911. The Kier molecular flexibility index (Phi) is 6.66. The molecule has 0 bridgehead atoms. The third-order valence-electron chi connectivity index (χ3n) is 5.40. The van der Waals surface area contributed by atoms with Gasteiger partial charge in [0.15, 0.2) is 11.6 Å². The second kappa shape index (κ2) is 9.29. The van der Waals surface area contributed by atoms with E-state index in [1.165, 1.54) is 18.3 Å². The highest BCUT2D eigenvalue weighted by molar-refractivity contribution is 7.70. The van der Waals surface area contributed by atoms with E-state index in [1.807, 2.05) is 20.8 Å². The van der Waals surface area contributed by atoms with Crippen LogP contribution in [-0.4, -0.2) is 54.8 Å². The molecule has 1 aromatic carbocycles. The lowest BCUT2D eigenvalue weighted by molar-refractivity contribution is 0.0239. The van der Waals surface area contributed by atoms with Crippen LogP contribution in [0.1, 0.15) is 32.0 Å². The second-order valence-electron chi connectivity index (χ2n) is 9.93. The van der Waals surface area contributed by atoms with Gasteiger partial charge in [0, 0.05) is 17.9 Å². The van der Waals surface area contributed by atoms with Crippen molar-refractivity contribution in [2.45, 2.75) is 39.5 Å². The lowest BCUT2D eigenvalue weighted by atomic mass is 10.2. The van der Waals surface area contributed by atoms with E-state index in [-0.39, 0.29) is 22.5 Å². The Labute approximate surface area is 214 Å². The Hall–Kier alpha value is -3.30. The number of amides is 1. The van der Waals surface area contributed by atoms with Gasteiger partial charge in [-0.1, -0.05) is 11.6 Å². The zero-order chi connectivity index (χ0) is 26.4. The predicted octanol–water partition coefficient (Wildman–Crippen LogP) is 4.56. The minimum absolute atomic E-state index is 0.0139. The number of nitrogens with zero attached hydrogens (tertiary/aromatic N) is 5. The Morgan fingerprint density at radius 3 is 2.58 bits per heavy atom. The van der Waals surface area contributed by atoms with Gasteiger partial charge in [-0.2, -0.15) is 10.1 Å². The molecule has 2 aromatic heterocycles. The van der Waals surface area contributed by atoms with Gasteiger partial charge in [0.2, 0.25) is 5.95 Å². The van der Waals surface area contributed by atoms with E-state index in [9.17, 15) is 14.5 Å². The number of aromatic nitrogens is 4. The molecule has 0 aliphatic carbocycles. The van der Waals surface area contributed by atoms with Crippen molar-refractivity contribution < 1.29 is 19.2 Å². The second-order valence-corrected chi connectivity index (χ2v) is 13.5. The van der Waals surface area contributed by atoms with Gasteiger partial charge in [0.1, 0.15) is 23.5 Å². The number of aryl methyl sites for hydroxylation is 1. The molecule has 36 heavy (non-hydrogen) atoms. The number of carbonyl (C=O) groups is 1. The summed E-state index contributed by atoms with van der Waals surface area (Å²) in [5.74, 6) is 1.05. The molecule has 11 nitrogen and oxygen atoms in total. The first kappa shape index (κ1) is 25.8. The number of anilines is 4. The molecule has 3 heterocycles. The molecule has 1 amide bonds. The number of phenolic OH excluding ortho intramolecular Hbond substituents is 1. The van der Waals surface area contributed by atoms with Crippen molar-refractivity contribution >= 4 is 53.4 Å². The normalized spacial score (nSPS) is 13.5. The standard InChI is InChI=1S/C23H29ClN7O4P/c1-23(2,3)35-22(33)31-11-14-17(12-31)30(4)29-19(14)27-21-25-10-15(24)20(28-21)26-16-8-7-13(32)9-18(16)36(5,6)34/h7-10,32H,11-12H2,1-6H3,(H2,25,26,27,28,29). The molecule has 13 heteroatoms. The largest absolute Gasteiger partial charge is 0.508 e. The fraction of sp³-hybridized carbons (Fsp3) is 0.391. The van der Waals surface area contributed by atoms with Crippen LogP contribution in [0.15, 0.2) is 24.4 Å². The molecule has 0 spiro atoms. The van der Waals surface area contributed by atoms with Crippen molar-refractivity contribution in [2.75, 3.05) is 24.0 Å². The molecule has 3 N–H and O–H groups in total. The molecular weight excluding hydrogens is 505 g/mol. The van der Waals surface area contributed by atoms with Gasteiger partial charge in [0.25, 0.3) is 0 Å². The number of ether oxygens (including phenoxy) is 1. The molecule has 0 unspecified atom stereocenters. The average molecular weight is 534 g/mol. The molecule has 0 saturated carbocycles. The maximum atomic E-state index is 12.8. The maximum absolute atomic E-state index is 12.8.